The van der Waals surface area contributed by atoms with Gasteiger partial charge in [-0.2, -0.15) is 5.10 Å². The number of benzene rings is 2. The normalized spacial score (nSPS) is 10.5. The van der Waals surface area contributed by atoms with Crippen LogP contribution in [-0.2, 0) is 11.3 Å². The van der Waals surface area contributed by atoms with Crippen molar-refractivity contribution in [3.05, 3.63) is 70.9 Å². The number of ketones is 1. The fourth-order valence-electron chi connectivity index (χ4n) is 2.58. The van der Waals surface area contributed by atoms with Gasteiger partial charge in [-0.05, 0) is 55.0 Å². The molecule has 1 heterocycles. The molecule has 1 aromatic heterocycles. The van der Waals surface area contributed by atoms with Crippen LogP contribution in [0.4, 0.5) is 4.79 Å². The number of carbonyl (C=O) groups excluding carboxylic acids is 2. The number of alkyl carbamates (subject to hydrolysis) is 1. The molecule has 0 saturated heterocycles. The highest BCUT2D eigenvalue weighted by molar-refractivity contribution is 6.31. The first-order valence-electron chi connectivity index (χ1n) is 8.25. The number of carbonyl (C=O) groups is 2. The van der Waals surface area contributed by atoms with Gasteiger partial charge in [0.1, 0.15) is 0 Å². The third-order valence-electron chi connectivity index (χ3n) is 4.08. The molecule has 0 bridgehead atoms. The molecule has 2 aromatic carbocycles. The number of nitrogens with one attached hydrogen (secondary N) is 1. The number of halogens is 1. The lowest BCUT2D eigenvalue weighted by atomic mass is 10.1. The fraction of sp³-hybridized carbons (Fsp3) is 0.150. The summed E-state index contributed by atoms with van der Waals surface area (Å²) in [6.07, 6.45) is 1.33. The molecule has 0 radical (unpaired) electrons. The van der Waals surface area contributed by atoms with Gasteiger partial charge in [0.05, 0.1) is 18.5 Å². The van der Waals surface area contributed by atoms with Crippen molar-refractivity contribution in [2.24, 2.45) is 0 Å². The molecule has 0 aliphatic heterocycles. The van der Waals surface area contributed by atoms with Crippen molar-refractivity contribution in [2.75, 3.05) is 7.11 Å². The van der Waals surface area contributed by atoms with Gasteiger partial charge in [-0.3, -0.25) is 4.79 Å². The molecule has 7 heteroatoms. The van der Waals surface area contributed by atoms with E-state index in [1.165, 1.54) is 14.0 Å². The Bertz CT molecular complexity index is 980. The Kier molecular flexibility index (Phi) is 5.57. The zero-order valence-corrected chi connectivity index (χ0v) is 15.7. The van der Waals surface area contributed by atoms with Crippen LogP contribution in [0, 0.1) is 0 Å². The molecule has 0 aliphatic rings. The summed E-state index contributed by atoms with van der Waals surface area (Å²) in [5.74, 6) is 0.0250. The number of hydrogen-bond donors (Lipinski definition) is 1. The van der Waals surface area contributed by atoms with Crippen LogP contribution in [-0.4, -0.2) is 28.8 Å². The van der Waals surface area contributed by atoms with Crippen LogP contribution in [0.5, 0.6) is 0 Å². The number of hydrogen-bond acceptors (Lipinski definition) is 4. The first kappa shape index (κ1) is 18.7. The van der Waals surface area contributed by atoms with E-state index in [2.05, 4.69) is 15.2 Å². The van der Waals surface area contributed by atoms with Crippen molar-refractivity contribution in [1.29, 1.82) is 0 Å². The second-order valence-electron chi connectivity index (χ2n) is 5.90. The molecule has 138 valence electrons. The molecular formula is C20H18ClN3O3. The molecule has 0 fully saturated rings. The van der Waals surface area contributed by atoms with Crippen LogP contribution >= 0.6 is 11.6 Å². The van der Waals surface area contributed by atoms with Gasteiger partial charge in [0.25, 0.3) is 0 Å². The Hall–Kier alpha value is -3.12. The first-order chi connectivity index (χ1) is 13.0. The third-order valence-corrected chi connectivity index (χ3v) is 4.45. The summed E-state index contributed by atoms with van der Waals surface area (Å²) in [5.41, 5.74) is 3.92. The fourth-order valence-corrected chi connectivity index (χ4v) is 2.76. The quantitative estimate of drug-likeness (QED) is 0.668. The number of nitrogens with zero attached hydrogens (tertiary/aromatic N) is 2. The minimum atomic E-state index is -0.519. The number of methoxy groups -OCH3 is 1. The predicted octanol–water partition coefficient (Wildman–Crippen LogP) is 4.25. The number of Topliss-reactive ketones (excluding diaryl/α,β-unsaturated/α-hetero) is 1. The largest absolute Gasteiger partial charge is 0.453 e. The zero-order valence-electron chi connectivity index (χ0n) is 14.9. The average Bonchev–Trinajstić information content (AvgIpc) is 3.17. The van der Waals surface area contributed by atoms with Crippen LogP contribution in [0.2, 0.25) is 5.02 Å². The lowest BCUT2D eigenvalue weighted by Gasteiger charge is -2.08. The smallest absolute Gasteiger partial charge is 0.407 e. The van der Waals surface area contributed by atoms with Gasteiger partial charge < -0.3 is 10.1 Å². The van der Waals surface area contributed by atoms with Crippen molar-refractivity contribution in [2.45, 2.75) is 13.5 Å². The minimum Gasteiger partial charge on any atom is -0.453 e. The van der Waals surface area contributed by atoms with Gasteiger partial charge in [-0.25, -0.2) is 9.48 Å². The van der Waals surface area contributed by atoms with Crippen LogP contribution in [0.25, 0.3) is 16.9 Å². The second kappa shape index (κ2) is 8.05. The Morgan fingerprint density at radius 2 is 1.89 bits per heavy atom. The monoisotopic (exact) mass is 383 g/mol. The molecule has 0 unspecified atom stereocenters. The van der Waals surface area contributed by atoms with E-state index in [-0.39, 0.29) is 12.3 Å². The van der Waals surface area contributed by atoms with E-state index in [0.29, 0.717) is 10.6 Å². The van der Waals surface area contributed by atoms with Crippen molar-refractivity contribution in [1.82, 2.24) is 15.1 Å². The van der Waals surface area contributed by atoms with Crippen LogP contribution in [0.15, 0.2) is 54.7 Å². The van der Waals surface area contributed by atoms with E-state index in [0.717, 1.165) is 22.5 Å². The number of rotatable bonds is 5. The molecule has 6 nitrogen and oxygen atoms in total. The summed E-state index contributed by atoms with van der Waals surface area (Å²) in [7, 11) is 1.31. The van der Waals surface area contributed by atoms with Gasteiger partial charge >= 0.3 is 6.09 Å². The lowest BCUT2D eigenvalue weighted by Crippen LogP contribution is -2.22. The maximum absolute atomic E-state index is 11.4. The van der Waals surface area contributed by atoms with Crippen LogP contribution in [0.3, 0.4) is 0 Å². The zero-order chi connectivity index (χ0) is 19.4. The summed E-state index contributed by atoms with van der Waals surface area (Å²) in [4.78, 5) is 22.7. The Morgan fingerprint density at radius 1 is 1.15 bits per heavy atom. The Balaban J connectivity index is 1.83. The summed E-state index contributed by atoms with van der Waals surface area (Å²) < 4.78 is 6.31. The van der Waals surface area contributed by atoms with E-state index in [4.69, 9.17) is 11.6 Å². The van der Waals surface area contributed by atoms with Gasteiger partial charge in [0.15, 0.2) is 5.78 Å². The highest BCUT2D eigenvalue weighted by Gasteiger charge is 2.09. The van der Waals surface area contributed by atoms with Crippen LogP contribution < -0.4 is 5.32 Å². The molecule has 3 rings (SSSR count). The molecule has 0 aliphatic carbocycles. The summed E-state index contributed by atoms with van der Waals surface area (Å²) in [5, 5.41) is 7.75. The molecule has 3 aromatic rings. The van der Waals surface area contributed by atoms with E-state index >= 15 is 0 Å². The molecule has 1 amide bonds. The van der Waals surface area contributed by atoms with E-state index < -0.39 is 6.09 Å². The van der Waals surface area contributed by atoms with Gasteiger partial charge in [0, 0.05) is 28.9 Å². The third kappa shape index (κ3) is 4.35. The van der Waals surface area contributed by atoms with Crippen molar-refractivity contribution in [3.8, 4) is 16.9 Å². The maximum Gasteiger partial charge on any atom is 0.407 e. The van der Waals surface area contributed by atoms with E-state index in [1.807, 2.05) is 36.5 Å². The number of aromatic nitrogens is 2. The molecule has 0 saturated carbocycles. The van der Waals surface area contributed by atoms with E-state index in [9.17, 15) is 9.59 Å². The highest BCUT2D eigenvalue weighted by Crippen LogP contribution is 2.25. The number of amides is 1. The van der Waals surface area contributed by atoms with Gasteiger partial charge in [0.2, 0.25) is 0 Å². The van der Waals surface area contributed by atoms with E-state index in [1.54, 1.807) is 22.9 Å². The first-order valence-corrected chi connectivity index (χ1v) is 8.63. The van der Waals surface area contributed by atoms with Gasteiger partial charge in [-0.15, -0.1) is 0 Å². The highest BCUT2D eigenvalue weighted by atomic mass is 35.5. The molecule has 1 N–H and O–H groups in total. The van der Waals surface area contributed by atoms with Crippen molar-refractivity contribution in [3.63, 3.8) is 0 Å². The SMILES string of the molecule is COC(=O)NCc1cc(-c2ccn(-c3ccc(C(C)=O)cc3)n2)ccc1Cl. The average molecular weight is 384 g/mol. The Labute approximate surface area is 161 Å². The van der Waals surface area contributed by atoms with Crippen molar-refractivity contribution >= 4 is 23.5 Å². The van der Waals surface area contributed by atoms with Crippen molar-refractivity contribution < 1.29 is 14.3 Å². The molecule has 27 heavy (non-hydrogen) atoms. The summed E-state index contributed by atoms with van der Waals surface area (Å²) in [6, 6.07) is 14.7. The molecular weight excluding hydrogens is 366 g/mol. The summed E-state index contributed by atoms with van der Waals surface area (Å²) in [6.45, 7) is 1.79. The standard InChI is InChI=1S/C20H18ClN3O3/c1-13(25)14-3-6-17(7-4-14)24-10-9-19(23-24)15-5-8-18(21)16(11-15)12-22-20(26)27-2/h3-11H,12H2,1-2H3,(H,22,26). The molecule has 0 atom stereocenters. The van der Waals surface area contributed by atoms with Gasteiger partial charge in [-0.1, -0.05) is 17.7 Å². The second-order valence-corrected chi connectivity index (χ2v) is 6.31. The lowest BCUT2D eigenvalue weighted by molar-refractivity contribution is 0.101. The maximum atomic E-state index is 11.4. The topological polar surface area (TPSA) is 73.2 Å². The minimum absolute atomic E-state index is 0.0250. The summed E-state index contributed by atoms with van der Waals surface area (Å²) >= 11 is 6.21. The van der Waals surface area contributed by atoms with Crippen LogP contribution in [0.1, 0.15) is 22.8 Å². The Morgan fingerprint density at radius 3 is 2.56 bits per heavy atom. The molecule has 0 spiro atoms. The predicted molar refractivity (Wildman–Crippen MR) is 103 cm³/mol. The number of ether oxygens (including phenoxy) is 1.